The molecule has 1 fully saturated rings. The van der Waals surface area contributed by atoms with Crippen molar-refractivity contribution in [2.75, 3.05) is 37.5 Å². The average Bonchev–Trinajstić information content (AvgIpc) is 2.82. The van der Waals surface area contributed by atoms with Gasteiger partial charge in [0.1, 0.15) is 11.5 Å². The largest absolute Gasteiger partial charge is 0.497 e. The lowest BCUT2D eigenvalue weighted by atomic mass is 10.1. The maximum atomic E-state index is 12.8. The Bertz CT molecular complexity index is 1180. The number of fused-ring (bicyclic) bond motifs is 1. The highest BCUT2D eigenvalue weighted by atomic mass is 16.5. The Hall–Kier alpha value is -3.75. The number of nitrogens with zero attached hydrogens (tertiary/aromatic N) is 3. The lowest BCUT2D eigenvalue weighted by Gasteiger charge is -2.33. The summed E-state index contributed by atoms with van der Waals surface area (Å²) in [6.07, 6.45) is 1.42. The molecule has 0 unspecified atom stereocenters. The van der Waals surface area contributed by atoms with Crippen molar-refractivity contribution in [1.29, 1.82) is 0 Å². The Labute approximate surface area is 186 Å². The number of amides is 2. The molecule has 0 saturated carbocycles. The third-order valence-corrected chi connectivity index (χ3v) is 5.75. The van der Waals surface area contributed by atoms with E-state index in [9.17, 15) is 9.59 Å². The predicted octanol–water partition coefficient (Wildman–Crippen LogP) is 2.74. The lowest BCUT2D eigenvalue weighted by molar-refractivity contribution is 0.246. The molecule has 1 aromatic heterocycles. The van der Waals surface area contributed by atoms with Gasteiger partial charge in [0.2, 0.25) is 0 Å². The standard InChI is InChI=1S/C23H27N5O4/c1-27-19-7-5-4-6-17(19)25-21(22(27)29)28-12-10-15(11-13-28)24-23(30)26-18-14-16(31-2)8-9-20(18)32-3/h4-9,14-15H,10-13H2,1-3H3,(H2,24,26,30). The van der Waals surface area contributed by atoms with Crippen molar-refractivity contribution >= 4 is 28.6 Å². The zero-order valence-corrected chi connectivity index (χ0v) is 18.4. The van der Waals surface area contributed by atoms with E-state index in [1.54, 1.807) is 44.0 Å². The number of methoxy groups -OCH3 is 2. The van der Waals surface area contributed by atoms with Crippen molar-refractivity contribution in [3.63, 3.8) is 0 Å². The minimum atomic E-state index is -0.310. The van der Waals surface area contributed by atoms with Gasteiger partial charge >= 0.3 is 6.03 Å². The summed E-state index contributed by atoms with van der Waals surface area (Å²) in [4.78, 5) is 32.0. The molecule has 4 rings (SSSR count). The number of aromatic nitrogens is 2. The van der Waals surface area contributed by atoms with Crippen LogP contribution in [-0.2, 0) is 7.05 Å². The van der Waals surface area contributed by atoms with Crippen LogP contribution >= 0.6 is 0 Å². The summed E-state index contributed by atoms with van der Waals surface area (Å²) in [6, 6.07) is 12.5. The number of hydrogen-bond acceptors (Lipinski definition) is 6. The van der Waals surface area contributed by atoms with Crippen LogP contribution < -0.4 is 30.6 Å². The highest BCUT2D eigenvalue weighted by Crippen LogP contribution is 2.29. The first-order chi connectivity index (χ1) is 15.5. The molecule has 2 amide bonds. The van der Waals surface area contributed by atoms with Crippen molar-refractivity contribution in [2.45, 2.75) is 18.9 Å². The SMILES string of the molecule is COc1ccc(OC)c(NC(=O)NC2CCN(c3nc4ccccc4n(C)c3=O)CC2)c1. The summed E-state index contributed by atoms with van der Waals surface area (Å²) in [5.41, 5.74) is 2.02. The minimum absolute atomic E-state index is 0.00726. The molecule has 168 valence electrons. The van der Waals surface area contributed by atoms with E-state index in [0.717, 1.165) is 11.0 Å². The third-order valence-electron chi connectivity index (χ3n) is 5.75. The first kappa shape index (κ1) is 21.5. The second-order valence-electron chi connectivity index (χ2n) is 7.71. The van der Waals surface area contributed by atoms with Gasteiger partial charge in [0.25, 0.3) is 5.56 Å². The number of carbonyl (C=O) groups is 1. The molecule has 0 aliphatic carbocycles. The third kappa shape index (κ3) is 4.32. The summed E-state index contributed by atoms with van der Waals surface area (Å²) in [5, 5.41) is 5.84. The molecule has 3 aromatic rings. The van der Waals surface area contributed by atoms with Crippen LogP contribution in [-0.4, -0.2) is 48.9 Å². The highest BCUT2D eigenvalue weighted by molar-refractivity contribution is 5.91. The van der Waals surface area contributed by atoms with E-state index in [-0.39, 0.29) is 17.6 Å². The van der Waals surface area contributed by atoms with Crippen LogP contribution in [0.3, 0.4) is 0 Å². The van der Waals surface area contributed by atoms with Gasteiger partial charge in [-0.3, -0.25) is 4.79 Å². The van der Waals surface area contributed by atoms with Gasteiger partial charge in [-0.1, -0.05) is 12.1 Å². The highest BCUT2D eigenvalue weighted by Gasteiger charge is 2.24. The van der Waals surface area contributed by atoms with Crippen LogP contribution in [0.15, 0.2) is 47.3 Å². The van der Waals surface area contributed by atoms with E-state index in [1.807, 2.05) is 29.2 Å². The van der Waals surface area contributed by atoms with Crippen LogP contribution in [0.5, 0.6) is 11.5 Å². The van der Waals surface area contributed by atoms with E-state index < -0.39 is 0 Å². The summed E-state index contributed by atoms with van der Waals surface area (Å²) < 4.78 is 12.2. The molecule has 9 heteroatoms. The number of urea groups is 1. The normalized spacial score (nSPS) is 14.3. The molecule has 32 heavy (non-hydrogen) atoms. The predicted molar refractivity (Wildman–Crippen MR) is 124 cm³/mol. The second kappa shape index (κ2) is 9.17. The Morgan fingerprint density at radius 2 is 1.84 bits per heavy atom. The van der Waals surface area contributed by atoms with E-state index in [1.165, 1.54) is 0 Å². The molecule has 9 nitrogen and oxygen atoms in total. The molecule has 0 spiro atoms. The van der Waals surface area contributed by atoms with Crippen LogP contribution in [0.1, 0.15) is 12.8 Å². The number of para-hydroxylation sites is 2. The van der Waals surface area contributed by atoms with Crippen LogP contribution in [0.2, 0.25) is 0 Å². The topological polar surface area (TPSA) is 97.7 Å². The molecule has 1 saturated heterocycles. The molecule has 0 bridgehead atoms. The number of hydrogen-bond donors (Lipinski definition) is 2. The van der Waals surface area contributed by atoms with Gasteiger partial charge in [-0.05, 0) is 37.1 Å². The molecule has 2 aromatic carbocycles. The molecule has 0 atom stereocenters. The first-order valence-electron chi connectivity index (χ1n) is 10.5. The van der Waals surface area contributed by atoms with Gasteiger partial charge in [-0.25, -0.2) is 9.78 Å². The van der Waals surface area contributed by atoms with Crippen molar-refractivity contribution in [1.82, 2.24) is 14.9 Å². The number of benzene rings is 2. The number of anilines is 2. The van der Waals surface area contributed by atoms with Crippen LogP contribution in [0.25, 0.3) is 11.0 Å². The molecule has 1 aliphatic rings. The van der Waals surface area contributed by atoms with Gasteiger partial charge in [-0.15, -0.1) is 0 Å². The second-order valence-corrected chi connectivity index (χ2v) is 7.71. The van der Waals surface area contributed by atoms with E-state index >= 15 is 0 Å². The average molecular weight is 438 g/mol. The summed E-state index contributed by atoms with van der Waals surface area (Å²) in [5.74, 6) is 1.63. The lowest BCUT2D eigenvalue weighted by Crippen LogP contribution is -2.47. The van der Waals surface area contributed by atoms with E-state index in [2.05, 4.69) is 15.6 Å². The quantitative estimate of drug-likeness (QED) is 0.637. The summed E-state index contributed by atoms with van der Waals surface area (Å²) in [6.45, 7) is 1.27. The Kier molecular flexibility index (Phi) is 6.16. The Morgan fingerprint density at radius 3 is 2.56 bits per heavy atom. The molecule has 1 aliphatic heterocycles. The number of piperidine rings is 1. The zero-order valence-electron chi connectivity index (χ0n) is 18.4. The Morgan fingerprint density at radius 1 is 1.09 bits per heavy atom. The number of ether oxygens (including phenoxy) is 2. The van der Waals surface area contributed by atoms with Crippen molar-refractivity contribution in [3.05, 3.63) is 52.8 Å². The number of nitrogens with one attached hydrogen (secondary N) is 2. The van der Waals surface area contributed by atoms with Gasteiger partial charge in [-0.2, -0.15) is 0 Å². The number of aryl methyl sites for hydroxylation is 1. The van der Waals surface area contributed by atoms with Gasteiger partial charge in [0.05, 0.1) is 30.9 Å². The summed E-state index contributed by atoms with van der Waals surface area (Å²) in [7, 11) is 4.88. The van der Waals surface area contributed by atoms with E-state index in [0.29, 0.717) is 48.9 Å². The van der Waals surface area contributed by atoms with E-state index in [4.69, 9.17) is 9.47 Å². The number of rotatable bonds is 5. The molecule has 2 N–H and O–H groups in total. The fourth-order valence-corrected chi connectivity index (χ4v) is 3.96. The molecule has 0 radical (unpaired) electrons. The van der Waals surface area contributed by atoms with Crippen LogP contribution in [0.4, 0.5) is 16.3 Å². The molecule has 2 heterocycles. The fourth-order valence-electron chi connectivity index (χ4n) is 3.96. The minimum Gasteiger partial charge on any atom is -0.497 e. The van der Waals surface area contributed by atoms with Crippen LogP contribution in [0, 0.1) is 0 Å². The maximum Gasteiger partial charge on any atom is 0.319 e. The number of carbonyl (C=O) groups excluding carboxylic acids is 1. The first-order valence-corrected chi connectivity index (χ1v) is 10.5. The Balaban J connectivity index is 1.40. The van der Waals surface area contributed by atoms with Crippen molar-refractivity contribution in [2.24, 2.45) is 7.05 Å². The van der Waals surface area contributed by atoms with Gasteiger partial charge in [0, 0.05) is 32.2 Å². The summed E-state index contributed by atoms with van der Waals surface area (Å²) >= 11 is 0. The van der Waals surface area contributed by atoms with Gasteiger partial charge in [0.15, 0.2) is 5.82 Å². The van der Waals surface area contributed by atoms with Crippen molar-refractivity contribution in [3.8, 4) is 11.5 Å². The molecular formula is C23H27N5O4. The van der Waals surface area contributed by atoms with Gasteiger partial charge < -0.3 is 29.6 Å². The maximum absolute atomic E-state index is 12.8. The monoisotopic (exact) mass is 437 g/mol. The fraction of sp³-hybridized carbons (Fsp3) is 0.348. The van der Waals surface area contributed by atoms with Crippen molar-refractivity contribution < 1.29 is 14.3 Å². The smallest absolute Gasteiger partial charge is 0.319 e. The molecular weight excluding hydrogens is 410 g/mol. The zero-order chi connectivity index (χ0) is 22.7.